The van der Waals surface area contributed by atoms with Crippen molar-refractivity contribution in [1.29, 1.82) is 0 Å². The van der Waals surface area contributed by atoms with E-state index >= 15 is 0 Å². The van der Waals surface area contributed by atoms with Crippen LogP contribution in [0.3, 0.4) is 0 Å². The summed E-state index contributed by atoms with van der Waals surface area (Å²) in [5.41, 5.74) is -0.456. The van der Waals surface area contributed by atoms with E-state index in [4.69, 9.17) is 0 Å². The highest BCUT2D eigenvalue weighted by molar-refractivity contribution is 7.15. The van der Waals surface area contributed by atoms with Crippen LogP contribution in [0.5, 0.6) is 0 Å². The van der Waals surface area contributed by atoms with Crippen molar-refractivity contribution in [2.75, 3.05) is 25.5 Å². The zero-order valence-electron chi connectivity index (χ0n) is 12.0. The van der Waals surface area contributed by atoms with Crippen molar-refractivity contribution in [3.63, 3.8) is 0 Å². The van der Waals surface area contributed by atoms with E-state index in [9.17, 15) is 5.11 Å². The van der Waals surface area contributed by atoms with Gasteiger partial charge in [0.25, 0.3) is 0 Å². The minimum Gasteiger partial charge on any atom is -0.389 e. The van der Waals surface area contributed by atoms with Crippen molar-refractivity contribution in [3.8, 4) is 0 Å². The summed E-state index contributed by atoms with van der Waals surface area (Å²) in [6, 6.07) is 0. The highest BCUT2D eigenvalue weighted by Gasteiger charge is 2.32. The molecule has 1 aliphatic rings. The van der Waals surface area contributed by atoms with Crippen LogP contribution in [-0.2, 0) is 6.54 Å². The monoisotopic (exact) mass is 283 g/mol. The molecule has 0 spiro atoms. The largest absolute Gasteiger partial charge is 0.389 e. The quantitative estimate of drug-likeness (QED) is 0.808. The van der Waals surface area contributed by atoms with Crippen LogP contribution in [0.1, 0.15) is 43.9 Å². The maximum Gasteiger partial charge on any atom is 0.182 e. The van der Waals surface area contributed by atoms with Gasteiger partial charge in [-0.1, -0.05) is 19.8 Å². The summed E-state index contributed by atoms with van der Waals surface area (Å²) in [6.07, 6.45) is 7.28. The third kappa shape index (κ3) is 4.44. The van der Waals surface area contributed by atoms with E-state index in [2.05, 4.69) is 29.2 Å². The predicted molar refractivity (Wildman–Crippen MR) is 80.6 cm³/mol. The number of rotatable bonds is 7. The predicted octanol–water partition coefficient (Wildman–Crippen LogP) is 2.70. The van der Waals surface area contributed by atoms with Gasteiger partial charge in [-0.15, -0.1) is 11.3 Å². The third-order valence-corrected chi connectivity index (χ3v) is 4.54. The smallest absolute Gasteiger partial charge is 0.182 e. The Balaban J connectivity index is 1.81. The standard InChI is InChI=1S/C14H25N3OS/c1-3-8-15-13-16-9-12(19-13)10-17(2)11-14(18)6-4-5-7-14/h9,18H,3-8,10-11H2,1-2H3,(H,15,16). The number of aliphatic hydroxyl groups is 1. The Morgan fingerprint density at radius 1 is 1.47 bits per heavy atom. The van der Waals surface area contributed by atoms with Gasteiger partial charge in [-0.3, -0.25) is 4.90 Å². The van der Waals surface area contributed by atoms with Crippen LogP contribution in [0.2, 0.25) is 0 Å². The maximum absolute atomic E-state index is 10.4. The van der Waals surface area contributed by atoms with Crippen LogP contribution in [0.15, 0.2) is 6.20 Å². The van der Waals surface area contributed by atoms with Crippen LogP contribution >= 0.6 is 11.3 Å². The Hall–Kier alpha value is -0.650. The van der Waals surface area contributed by atoms with Crippen LogP contribution in [0, 0.1) is 0 Å². The van der Waals surface area contributed by atoms with E-state index in [1.165, 1.54) is 4.88 Å². The summed E-state index contributed by atoms with van der Waals surface area (Å²) in [6.45, 7) is 4.76. The van der Waals surface area contributed by atoms with Gasteiger partial charge in [0, 0.05) is 30.7 Å². The van der Waals surface area contributed by atoms with Crippen molar-refractivity contribution in [3.05, 3.63) is 11.1 Å². The number of likely N-dealkylation sites (N-methyl/N-ethyl adjacent to an activating group) is 1. The van der Waals surface area contributed by atoms with Crippen molar-refractivity contribution in [1.82, 2.24) is 9.88 Å². The average Bonchev–Trinajstić information content (AvgIpc) is 2.96. The van der Waals surface area contributed by atoms with Gasteiger partial charge in [-0.2, -0.15) is 0 Å². The second-order valence-corrected chi connectivity index (χ2v) is 6.78. The van der Waals surface area contributed by atoms with Crippen molar-refractivity contribution < 1.29 is 5.11 Å². The molecule has 0 saturated heterocycles. The first-order valence-corrected chi connectivity index (χ1v) is 8.02. The second kappa shape index (κ2) is 6.68. The minimum atomic E-state index is -0.456. The number of hydrogen-bond acceptors (Lipinski definition) is 5. The fraction of sp³-hybridized carbons (Fsp3) is 0.786. The molecule has 19 heavy (non-hydrogen) atoms. The first-order chi connectivity index (χ1) is 9.11. The highest BCUT2D eigenvalue weighted by atomic mass is 32.1. The molecule has 0 atom stereocenters. The lowest BCUT2D eigenvalue weighted by Gasteiger charge is -2.28. The van der Waals surface area contributed by atoms with Crippen LogP contribution in [-0.4, -0.2) is 40.7 Å². The Morgan fingerprint density at radius 2 is 2.21 bits per heavy atom. The zero-order chi connectivity index (χ0) is 13.7. The summed E-state index contributed by atoms with van der Waals surface area (Å²) < 4.78 is 0. The van der Waals surface area contributed by atoms with Crippen LogP contribution in [0.25, 0.3) is 0 Å². The van der Waals surface area contributed by atoms with E-state index in [-0.39, 0.29) is 0 Å². The van der Waals surface area contributed by atoms with E-state index in [1.54, 1.807) is 11.3 Å². The first kappa shape index (κ1) is 14.8. The Bertz CT molecular complexity index is 388. The first-order valence-electron chi connectivity index (χ1n) is 7.21. The molecule has 4 nitrogen and oxygen atoms in total. The lowest BCUT2D eigenvalue weighted by atomic mass is 10.0. The SMILES string of the molecule is CCCNc1ncc(CN(C)CC2(O)CCCC2)s1. The van der Waals surface area contributed by atoms with Crippen molar-refractivity contribution >= 4 is 16.5 Å². The zero-order valence-corrected chi connectivity index (χ0v) is 12.8. The van der Waals surface area contributed by atoms with Crippen molar-refractivity contribution in [2.24, 2.45) is 0 Å². The summed E-state index contributed by atoms with van der Waals surface area (Å²) in [5, 5.41) is 14.7. The lowest BCUT2D eigenvalue weighted by molar-refractivity contribution is 0.0147. The topological polar surface area (TPSA) is 48.4 Å². The molecule has 5 heteroatoms. The van der Waals surface area contributed by atoms with Gasteiger partial charge in [-0.05, 0) is 26.3 Å². The van der Waals surface area contributed by atoms with Gasteiger partial charge in [0.2, 0.25) is 0 Å². The molecule has 1 aliphatic carbocycles. The molecule has 1 saturated carbocycles. The molecule has 0 aliphatic heterocycles. The maximum atomic E-state index is 10.4. The summed E-state index contributed by atoms with van der Waals surface area (Å²) in [4.78, 5) is 7.84. The second-order valence-electron chi connectivity index (χ2n) is 5.66. The molecular formula is C14H25N3OS. The van der Waals surface area contributed by atoms with Gasteiger partial charge in [0.05, 0.1) is 5.60 Å². The fourth-order valence-corrected chi connectivity index (χ4v) is 3.63. The van der Waals surface area contributed by atoms with Gasteiger partial charge < -0.3 is 10.4 Å². The molecule has 1 heterocycles. The van der Waals surface area contributed by atoms with Gasteiger partial charge >= 0.3 is 0 Å². The molecule has 0 unspecified atom stereocenters. The number of hydrogen-bond donors (Lipinski definition) is 2. The molecule has 2 N–H and O–H groups in total. The molecule has 0 amide bonds. The third-order valence-electron chi connectivity index (χ3n) is 3.60. The Morgan fingerprint density at radius 3 is 2.89 bits per heavy atom. The van der Waals surface area contributed by atoms with Gasteiger partial charge in [0.15, 0.2) is 5.13 Å². The normalized spacial score (nSPS) is 18.1. The molecule has 0 bridgehead atoms. The minimum absolute atomic E-state index is 0.456. The van der Waals surface area contributed by atoms with Crippen molar-refractivity contribution in [2.45, 2.75) is 51.2 Å². The van der Waals surface area contributed by atoms with Gasteiger partial charge in [-0.25, -0.2) is 4.98 Å². The Kier molecular flexibility index (Phi) is 5.19. The number of anilines is 1. The molecular weight excluding hydrogens is 258 g/mol. The molecule has 1 aromatic rings. The van der Waals surface area contributed by atoms with Gasteiger partial charge in [0.1, 0.15) is 0 Å². The fourth-order valence-electron chi connectivity index (χ4n) is 2.71. The highest BCUT2D eigenvalue weighted by Crippen LogP contribution is 2.30. The molecule has 1 aromatic heterocycles. The summed E-state index contributed by atoms with van der Waals surface area (Å²) >= 11 is 1.71. The summed E-state index contributed by atoms with van der Waals surface area (Å²) in [5.74, 6) is 0. The molecule has 108 valence electrons. The van der Waals surface area contributed by atoms with E-state index in [0.717, 1.165) is 56.9 Å². The molecule has 0 radical (unpaired) electrons. The Labute approximate surface area is 119 Å². The molecule has 0 aromatic carbocycles. The van der Waals surface area contributed by atoms with E-state index in [0.29, 0.717) is 0 Å². The number of nitrogens with zero attached hydrogens (tertiary/aromatic N) is 2. The summed E-state index contributed by atoms with van der Waals surface area (Å²) in [7, 11) is 2.08. The lowest BCUT2D eigenvalue weighted by Crippen LogP contribution is -2.38. The molecule has 2 rings (SSSR count). The number of nitrogens with one attached hydrogen (secondary N) is 1. The van der Waals surface area contributed by atoms with E-state index in [1.807, 2.05) is 6.20 Å². The number of thiazole rings is 1. The van der Waals surface area contributed by atoms with Crippen LogP contribution < -0.4 is 5.32 Å². The van der Waals surface area contributed by atoms with E-state index < -0.39 is 5.60 Å². The average molecular weight is 283 g/mol. The number of aromatic nitrogens is 1. The molecule has 1 fully saturated rings. The van der Waals surface area contributed by atoms with Crippen LogP contribution in [0.4, 0.5) is 5.13 Å².